The monoisotopic (exact) mass is 687 g/mol. The first-order valence-electron chi connectivity index (χ1n) is 20.2. The number of likely N-dealkylation sites (N-methyl/N-ethyl adjacent to an activating group) is 1. The van der Waals surface area contributed by atoms with Crippen molar-refractivity contribution in [2.45, 2.75) is 187 Å². The van der Waals surface area contributed by atoms with E-state index in [1.165, 1.54) is 128 Å². The lowest BCUT2D eigenvalue weighted by molar-refractivity contribution is -0.893. The number of aliphatic hydroxyl groups is 2. The number of nitrogens with zero attached hydrogens (tertiary/aromatic N) is 1. The molecule has 0 saturated heterocycles. The molecule has 9 heteroatoms. The number of ether oxygens (including phenoxy) is 2. The second-order valence-electron chi connectivity index (χ2n) is 14.7. The third kappa shape index (κ3) is 32.9. The van der Waals surface area contributed by atoms with Crippen molar-refractivity contribution in [3.05, 3.63) is 0 Å². The van der Waals surface area contributed by atoms with Crippen LogP contribution < -0.4 is 10.6 Å². The lowest BCUT2D eigenvalue weighted by Crippen LogP contribution is -2.50. The SMILES string of the molecule is CCCCCCCCCCCCCCNC(=O)OCC(C[N+](C)(C)CCC(O)CO)OC(=O)NCCCCCCCCCCCCCC. The van der Waals surface area contributed by atoms with Crippen molar-refractivity contribution in [2.24, 2.45) is 0 Å². The van der Waals surface area contributed by atoms with Gasteiger partial charge in [-0.15, -0.1) is 0 Å². The zero-order valence-corrected chi connectivity index (χ0v) is 32.0. The molecule has 0 rings (SSSR count). The van der Waals surface area contributed by atoms with E-state index in [0.717, 1.165) is 25.7 Å². The maximum absolute atomic E-state index is 12.6. The van der Waals surface area contributed by atoms with Crippen LogP contribution in [0.4, 0.5) is 9.59 Å². The topological polar surface area (TPSA) is 117 Å². The molecule has 0 aromatic carbocycles. The van der Waals surface area contributed by atoms with Crippen LogP contribution in [-0.4, -0.2) is 92.6 Å². The van der Waals surface area contributed by atoms with Crippen molar-refractivity contribution in [3.63, 3.8) is 0 Å². The highest BCUT2D eigenvalue weighted by molar-refractivity contribution is 5.68. The Morgan fingerprint density at radius 1 is 0.604 bits per heavy atom. The number of alkyl carbamates (subject to hydrolysis) is 2. The highest BCUT2D eigenvalue weighted by Crippen LogP contribution is 2.13. The Bertz CT molecular complexity index is 724. The second kappa shape index (κ2) is 33.9. The summed E-state index contributed by atoms with van der Waals surface area (Å²) in [5.41, 5.74) is 0. The molecule has 9 nitrogen and oxygen atoms in total. The summed E-state index contributed by atoms with van der Waals surface area (Å²) in [5.74, 6) is 0. The number of rotatable bonds is 35. The summed E-state index contributed by atoms with van der Waals surface area (Å²) in [6, 6.07) is 0. The maximum Gasteiger partial charge on any atom is 0.407 e. The molecular weight excluding hydrogens is 606 g/mol. The summed E-state index contributed by atoms with van der Waals surface area (Å²) < 4.78 is 11.6. The van der Waals surface area contributed by atoms with E-state index in [0.29, 0.717) is 37.1 Å². The molecule has 0 aliphatic carbocycles. The fourth-order valence-corrected chi connectivity index (χ4v) is 6.08. The van der Waals surface area contributed by atoms with Gasteiger partial charge in [0, 0.05) is 19.5 Å². The number of hydrogen-bond donors (Lipinski definition) is 4. The quantitative estimate of drug-likeness (QED) is 0.0391. The summed E-state index contributed by atoms with van der Waals surface area (Å²) >= 11 is 0. The molecule has 2 atom stereocenters. The zero-order chi connectivity index (χ0) is 35.6. The molecule has 0 spiro atoms. The molecule has 0 aliphatic rings. The average molecular weight is 687 g/mol. The van der Waals surface area contributed by atoms with Crippen LogP contribution in [0.15, 0.2) is 0 Å². The van der Waals surface area contributed by atoms with Gasteiger partial charge in [-0.25, -0.2) is 9.59 Å². The average Bonchev–Trinajstić information content (AvgIpc) is 3.06. The Morgan fingerprint density at radius 2 is 0.979 bits per heavy atom. The van der Waals surface area contributed by atoms with Crippen LogP contribution in [0.3, 0.4) is 0 Å². The number of amides is 2. The number of quaternary nitrogens is 1. The molecule has 2 amide bonds. The van der Waals surface area contributed by atoms with Crippen molar-refractivity contribution >= 4 is 12.2 Å². The molecule has 0 aliphatic heterocycles. The smallest absolute Gasteiger partial charge is 0.407 e. The summed E-state index contributed by atoms with van der Waals surface area (Å²) in [4.78, 5) is 25.0. The van der Waals surface area contributed by atoms with E-state index in [4.69, 9.17) is 9.47 Å². The van der Waals surface area contributed by atoms with E-state index in [1.54, 1.807) is 0 Å². The van der Waals surface area contributed by atoms with Crippen molar-refractivity contribution in [3.8, 4) is 0 Å². The molecule has 48 heavy (non-hydrogen) atoms. The molecular formula is C39H80N3O6+. The molecule has 0 aromatic rings. The summed E-state index contributed by atoms with van der Waals surface area (Å²) in [5, 5.41) is 24.7. The van der Waals surface area contributed by atoms with Gasteiger partial charge in [-0.05, 0) is 12.8 Å². The van der Waals surface area contributed by atoms with Gasteiger partial charge < -0.3 is 34.8 Å². The van der Waals surface area contributed by atoms with Crippen molar-refractivity contribution in [1.29, 1.82) is 0 Å². The summed E-state index contributed by atoms with van der Waals surface area (Å²) in [6.45, 7) is 6.30. The second-order valence-corrected chi connectivity index (χ2v) is 14.7. The van der Waals surface area contributed by atoms with Gasteiger partial charge in [0.15, 0.2) is 6.10 Å². The fourth-order valence-electron chi connectivity index (χ4n) is 6.08. The van der Waals surface area contributed by atoms with Gasteiger partial charge in [-0.3, -0.25) is 0 Å². The van der Waals surface area contributed by atoms with E-state index >= 15 is 0 Å². The molecule has 0 radical (unpaired) electrons. The van der Waals surface area contributed by atoms with E-state index in [2.05, 4.69) is 24.5 Å². The first kappa shape index (κ1) is 46.4. The highest BCUT2D eigenvalue weighted by atomic mass is 16.6. The maximum atomic E-state index is 12.6. The fraction of sp³-hybridized carbons (Fsp3) is 0.949. The first-order valence-corrected chi connectivity index (χ1v) is 20.2. The predicted octanol–water partition coefficient (Wildman–Crippen LogP) is 9.03. The number of carbonyl (C=O) groups excluding carboxylic acids is 2. The van der Waals surface area contributed by atoms with Crippen LogP contribution in [0.1, 0.15) is 174 Å². The van der Waals surface area contributed by atoms with Gasteiger partial charge in [0.2, 0.25) is 0 Å². The third-order valence-electron chi connectivity index (χ3n) is 9.25. The number of hydrogen-bond acceptors (Lipinski definition) is 6. The van der Waals surface area contributed by atoms with Gasteiger partial charge in [-0.1, -0.05) is 155 Å². The zero-order valence-electron chi connectivity index (χ0n) is 32.0. The Labute approximate surface area is 296 Å². The van der Waals surface area contributed by atoms with Gasteiger partial charge in [0.05, 0.1) is 33.4 Å². The van der Waals surface area contributed by atoms with Gasteiger partial charge in [0.1, 0.15) is 13.2 Å². The van der Waals surface area contributed by atoms with Crippen molar-refractivity contribution < 1.29 is 33.8 Å². The number of unbranched alkanes of at least 4 members (excludes halogenated alkanes) is 22. The molecule has 2 unspecified atom stereocenters. The van der Waals surface area contributed by atoms with Gasteiger partial charge in [0.25, 0.3) is 0 Å². The van der Waals surface area contributed by atoms with Gasteiger partial charge >= 0.3 is 12.2 Å². The summed E-state index contributed by atoms with van der Waals surface area (Å²) in [6.07, 6.45) is 28.4. The third-order valence-corrected chi connectivity index (χ3v) is 9.25. The minimum Gasteiger partial charge on any atom is -0.445 e. The molecule has 286 valence electrons. The van der Waals surface area contributed by atoms with Crippen LogP contribution in [0.5, 0.6) is 0 Å². The number of nitrogens with one attached hydrogen (secondary N) is 2. The Morgan fingerprint density at radius 3 is 1.38 bits per heavy atom. The molecule has 0 aromatic heterocycles. The molecule has 0 saturated carbocycles. The largest absolute Gasteiger partial charge is 0.445 e. The van der Waals surface area contributed by atoms with E-state index in [-0.39, 0.29) is 13.2 Å². The normalized spacial score (nSPS) is 12.9. The molecule has 0 heterocycles. The Kier molecular flexibility index (Phi) is 32.8. The van der Waals surface area contributed by atoms with Crippen LogP contribution in [0.2, 0.25) is 0 Å². The highest BCUT2D eigenvalue weighted by Gasteiger charge is 2.27. The van der Waals surface area contributed by atoms with Crippen LogP contribution in [-0.2, 0) is 9.47 Å². The van der Waals surface area contributed by atoms with Crippen molar-refractivity contribution in [2.75, 3.05) is 53.5 Å². The molecule has 0 bridgehead atoms. The van der Waals surface area contributed by atoms with Crippen LogP contribution in [0, 0.1) is 0 Å². The lowest BCUT2D eigenvalue weighted by atomic mass is 10.1. The van der Waals surface area contributed by atoms with Crippen LogP contribution >= 0.6 is 0 Å². The van der Waals surface area contributed by atoms with Crippen LogP contribution in [0.25, 0.3) is 0 Å². The standard InChI is InChI=1S/C39H79N3O6/c1-5-7-9-11-13-15-17-19-21-23-25-27-30-40-38(45)47-35-37(33-42(3,4)32-29-36(44)34-43)48-39(46)41-31-28-26-24-22-20-18-16-14-12-10-8-6-2/h36-37,43-44H,5-35H2,1-4H3,(H-,40,41,45,46)/p+1. The number of carbonyl (C=O) groups is 2. The van der Waals surface area contributed by atoms with E-state index in [9.17, 15) is 19.8 Å². The van der Waals surface area contributed by atoms with E-state index in [1.807, 2.05) is 14.1 Å². The minimum absolute atomic E-state index is 0.0411. The number of aliphatic hydroxyl groups excluding tert-OH is 2. The Balaban J connectivity index is 4.28. The first-order chi connectivity index (χ1) is 23.2. The van der Waals surface area contributed by atoms with Crippen molar-refractivity contribution in [1.82, 2.24) is 10.6 Å². The molecule has 4 N–H and O–H groups in total. The van der Waals surface area contributed by atoms with Gasteiger partial charge in [-0.2, -0.15) is 0 Å². The summed E-state index contributed by atoms with van der Waals surface area (Å²) in [7, 11) is 3.94. The molecule has 0 fully saturated rings. The minimum atomic E-state index is -0.789. The lowest BCUT2D eigenvalue weighted by Gasteiger charge is -2.33. The Hall–Kier alpha value is -1.58. The van der Waals surface area contributed by atoms with E-state index < -0.39 is 24.4 Å². The predicted molar refractivity (Wildman–Crippen MR) is 199 cm³/mol.